The number of amides is 1. The molecule has 102 valence electrons. The molecule has 2 aromatic rings. The number of fused-ring (bicyclic) bond motifs is 1. The maximum Gasteiger partial charge on any atom is 0.271 e. The molecule has 1 aromatic carbocycles. The number of nitrogen functional groups attached to an aromatic ring is 1. The van der Waals surface area contributed by atoms with Crippen molar-refractivity contribution in [2.24, 2.45) is 0 Å². The number of carbonyl (C=O) groups excluding carboxylic acids is 1. The minimum atomic E-state index is -0.188. The van der Waals surface area contributed by atoms with Crippen molar-refractivity contribution in [2.75, 3.05) is 5.73 Å². The highest BCUT2D eigenvalue weighted by atomic mass is 16.1. The number of hydrogen-bond donors (Lipinski definition) is 2. The second kappa shape index (κ2) is 4.92. The van der Waals surface area contributed by atoms with Gasteiger partial charge in [0.2, 0.25) is 0 Å². The SMILES string of the molecule is Cc1cnc(C(=O)NC2CCc3cc(N)ccc32)cn1. The van der Waals surface area contributed by atoms with Gasteiger partial charge in [-0.15, -0.1) is 0 Å². The van der Waals surface area contributed by atoms with E-state index < -0.39 is 0 Å². The molecule has 3 N–H and O–H groups in total. The number of nitrogens with two attached hydrogens (primary N) is 1. The Bertz CT molecular complexity index is 651. The first kappa shape index (κ1) is 12.6. The lowest BCUT2D eigenvalue weighted by Crippen LogP contribution is -2.28. The van der Waals surface area contributed by atoms with Crippen LogP contribution in [0.3, 0.4) is 0 Å². The Morgan fingerprint density at radius 1 is 1.35 bits per heavy atom. The third kappa shape index (κ3) is 2.34. The van der Waals surface area contributed by atoms with Crippen molar-refractivity contribution in [1.29, 1.82) is 0 Å². The molecule has 0 bridgehead atoms. The summed E-state index contributed by atoms with van der Waals surface area (Å²) >= 11 is 0. The smallest absolute Gasteiger partial charge is 0.271 e. The minimum Gasteiger partial charge on any atom is -0.399 e. The van der Waals surface area contributed by atoms with Gasteiger partial charge in [0.1, 0.15) is 5.69 Å². The van der Waals surface area contributed by atoms with Gasteiger partial charge in [0.25, 0.3) is 5.91 Å². The summed E-state index contributed by atoms with van der Waals surface area (Å²) in [6.07, 6.45) is 4.93. The highest BCUT2D eigenvalue weighted by Gasteiger charge is 2.24. The summed E-state index contributed by atoms with van der Waals surface area (Å²) in [5, 5.41) is 3.01. The molecule has 0 spiro atoms. The summed E-state index contributed by atoms with van der Waals surface area (Å²) in [6, 6.07) is 5.87. The summed E-state index contributed by atoms with van der Waals surface area (Å²) in [7, 11) is 0. The number of nitrogens with zero attached hydrogens (tertiary/aromatic N) is 2. The van der Waals surface area contributed by atoms with Crippen molar-refractivity contribution in [2.45, 2.75) is 25.8 Å². The molecule has 1 aromatic heterocycles. The van der Waals surface area contributed by atoms with Crippen molar-refractivity contribution >= 4 is 11.6 Å². The van der Waals surface area contributed by atoms with Crippen LogP contribution in [-0.4, -0.2) is 15.9 Å². The number of rotatable bonds is 2. The predicted molar refractivity (Wildman–Crippen MR) is 76.2 cm³/mol. The monoisotopic (exact) mass is 268 g/mol. The van der Waals surface area contributed by atoms with Crippen LogP contribution >= 0.6 is 0 Å². The number of carbonyl (C=O) groups is 1. The van der Waals surface area contributed by atoms with E-state index in [0.29, 0.717) is 5.69 Å². The van der Waals surface area contributed by atoms with E-state index in [2.05, 4.69) is 15.3 Å². The lowest BCUT2D eigenvalue weighted by Gasteiger charge is -2.13. The summed E-state index contributed by atoms with van der Waals surface area (Å²) in [5.74, 6) is -0.188. The van der Waals surface area contributed by atoms with E-state index in [9.17, 15) is 4.79 Å². The average Bonchev–Trinajstić information content (AvgIpc) is 2.81. The van der Waals surface area contributed by atoms with Crippen LogP contribution in [-0.2, 0) is 6.42 Å². The first-order chi connectivity index (χ1) is 9.63. The molecule has 0 saturated carbocycles. The van der Waals surface area contributed by atoms with Crippen LogP contribution in [0, 0.1) is 6.92 Å². The van der Waals surface area contributed by atoms with E-state index in [-0.39, 0.29) is 11.9 Å². The maximum absolute atomic E-state index is 12.2. The molecule has 20 heavy (non-hydrogen) atoms. The highest BCUT2D eigenvalue weighted by molar-refractivity contribution is 5.92. The Labute approximate surface area is 117 Å². The van der Waals surface area contributed by atoms with Crippen molar-refractivity contribution in [3.8, 4) is 0 Å². The van der Waals surface area contributed by atoms with Crippen LogP contribution in [0.15, 0.2) is 30.6 Å². The Balaban J connectivity index is 1.77. The molecular formula is C15H16N4O. The zero-order valence-electron chi connectivity index (χ0n) is 11.3. The molecule has 0 saturated heterocycles. The van der Waals surface area contributed by atoms with Crippen LogP contribution in [0.4, 0.5) is 5.69 Å². The normalized spacial score (nSPS) is 16.8. The van der Waals surface area contributed by atoms with Gasteiger partial charge in [0.15, 0.2) is 0 Å². The maximum atomic E-state index is 12.2. The van der Waals surface area contributed by atoms with E-state index in [1.807, 2.05) is 25.1 Å². The second-order valence-corrected chi connectivity index (χ2v) is 5.07. The number of benzene rings is 1. The second-order valence-electron chi connectivity index (χ2n) is 5.07. The molecule has 5 nitrogen and oxygen atoms in total. The summed E-state index contributed by atoms with van der Waals surface area (Å²) < 4.78 is 0. The van der Waals surface area contributed by atoms with Gasteiger partial charge in [0.05, 0.1) is 17.9 Å². The third-order valence-corrected chi connectivity index (χ3v) is 3.56. The van der Waals surface area contributed by atoms with Crippen molar-refractivity contribution in [1.82, 2.24) is 15.3 Å². The Morgan fingerprint density at radius 3 is 2.95 bits per heavy atom. The standard InChI is InChI=1S/C15H16N4O/c1-9-7-18-14(8-17-9)15(20)19-13-5-2-10-6-11(16)3-4-12(10)13/h3-4,6-8,13H,2,5,16H2,1H3,(H,19,20). The summed E-state index contributed by atoms with van der Waals surface area (Å²) in [5.41, 5.74) is 10.0. The quantitative estimate of drug-likeness (QED) is 0.814. The van der Waals surface area contributed by atoms with Crippen LogP contribution in [0.2, 0.25) is 0 Å². The van der Waals surface area contributed by atoms with Gasteiger partial charge in [-0.05, 0) is 43.0 Å². The average molecular weight is 268 g/mol. The first-order valence-corrected chi connectivity index (χ1v) is 6.61. The fourth-order valence-corrected chi connectivity index (χ4v) is 2.53. The third-order valence-electron chi connectivity index (χ3n) is 3.56. The predicted octanol–water partition coefficient (Wildman–Crippen LogP) is 1.78. The number of aryl methyl sites for hydroxylation is 2. The van der Waals surface area contributed by atoms with Gasteiger partial charge in [-0.25, -0.2) is 4.98 Å². The van der Waals surface area contributed by atoms with E-state index in [1.165, 1.54) is 11.8 Å². The Morgan fingerprint density at radius 2 is 2.20 bits per heavy atom. The molecular weight excluding hydrogens is 252 g/mol. The molecule has 5 heteroatoms. The van der Waals surface area contributed by atoms with Crippen LogP contribution < -0.4 is 11.1 Å². The van der Waals surface area contributed by atoms with Gasteiger partial charge in [-0.2, -0.15) is 0 Å². The highest BCUT2D eigenvalue weighted by Crippen LogP contribution is 2.32. The molecule has 1 aliphatic carbocycles. The van der Waals surface area contributed by atoms with Crippen LogP contribution in [0.1, 0.15) is 39.8 Å². The number of aromatic nitrogens is 2. The number of hydrogen-bond acceptors (Lipinski definition) is 4. The van der Waals surface area contributed by atoms with E-state index in [4.69, 9.17) is 5.73 Å². The van der Waals surface area contributed by atoms with Crippen molar-refractivity contribution < 1.29 is 4.79 Å². The lowest BCUT2D eigenvalue weighted by molar-refractivity contribution is 0.0931. The van der Waals surface area contributed by atoms with Gasteiger partial charge in [0, 0.05) is 11.9 Å². The summed E-state index contributed by atoms with van der Waals surface area (Å²) in [6.45, 7) is 1.84. The Hall–Kier alpha value is -2.43. The molecule has 1 unspecified atom stereocenters. The first-order valence-electron chi connectivity index (χ1n) is 6.61. The van der Waals surface area contributed by atoms with E-state index in [0.717, 1.165) is 29.8 Å². The van der Waals surface area contributed by atoms with E-state index >= 15 is 0 Å². The van der Waals surface area contributed by atoms with Gasteiger partial charge >= 0.3 is 0 Å². The number of nitrogens with one attached hydrogen (secondary N) is 1. The zero-order chi connectivity index (χ0) is 14.1. The molecule has 0 fully saturated rings. The Kier molecular flexibility index (Phi) is 3.10. The summed E-state index contributed by atoms with van der Waals surface area (Å²) in [4.78, 5) is 20.3. The van der Waals surface area contributed by atoms with Crippen LogP contribution in [0.5, 0.6) is 0 Å². The number of anilines is 1. The molecule has 1 atom stereocenters. The zero-order valence-corrected chi connectivity index (χ0v) is 11.3. The van der Waals surface area contributed by atoms with Crippen LogP contribution in [0.25, 0.3) is 0 Å². The van der Waals surface area contributed by atoms with E-state index in [1.54, 1.807) is 6.20 Å². The minimum absolute atomic E-state index is 0.0289. The van der Waals surface area contributed by atoms with Crippen molar-refractivity contribution in [3.63, 3.8) is 0 Å². The van der Waals surface area contributed by atoms with Gasteiger partial charge < -0.3 is 11.1 Å². The molecule has 0 radical (unpaired) electrons. The molecule has 1 amide bonds. The topological polar surface area (TPSA) is 80.9 Å². The largest absolute Gasteiger partial charge is 0.399 e. The van der Waals surface area contributed by atoms with Crippen molar-refractivity contribution in [3.05, 3.63) is 53.1 Å². The fraction of sp³-hybridized carbons (Fsp3) is 0.267. The lowest BCUT2D eigenvalue weighted by atomic mass is 10.1. The molecule has 3 rings (SSSR count). The molecule has 0 aliphatic heterocycles. The molecule has 1 aliphatic rings. The fourth-order valence-electron chi connectivity index (χ4n) is 2.53. The van der Waals surface area contributed by atoms with Gasteiger partial charge in [-0.3, -0.25) is 9.78 Å². The van der Waals surface area contributed by atoms with Gasteiger partial charge in [-0.1, -0.05) is 6.07 Å². The molecule has 1 heterocycles.